The lowest BCUT2D eigenvalue weighted by Gasteiger charge is -2.25. The molecule has 2 N–H and O–H groups in total. The van der Waals surface area contributed by atoms with Crippen molar-refractivity contribution in [2.24, 2.45) is 5.92 Å². The average molecular weight is 441 g/mol. The Balaban J connectivity index is 1.20. The van der Waals surface area contributed by atoms with Crippen LogP contribution in [0.1, 0.15) is 43.0 Å². The molecule has 0 saturated heterocycles. The molecule has 1 fully saturated rings. The fourth-order valence-electron chi connectivity index (χ4n) is 4.70. The molecule has 1 saturated carbocycles. The van der Waals surface area contributed by atoms with Crippen molar-refractivity contribution in [2.45, 2.75) is 45.7 Å². The normalized spacial score (nSPS) is 14.3. The van der Waals surface area contributed by atoms with E-state index in [1.807, 2.05) is 17.1 Å². The topological polar surface area (TPSA) is 88.7 Å². The van der Waals surface area contributed by atoms with Crippen LogP contribution in [0.5, 0.6) is 0 Å². The second kappa shape index (κ2) is 8.44. The van der Waals surface area contributed by atoms with Gasteiger partial charge < -0.3 is 9.72 Å². The van der Waals surface area contributed by atoms with Crippen molar-refractivity contribution in [1.82, 2.24) is 39.9 Å². The van der Waals surface area contributed by atoms with Gasteiger partial charge in [0.15, 0.2) is 0 Å². The van der Waals surface area contributed by atoms with Gasteiger partial charge in [-0.25, -0.2) is 9.67 Å². The van der Waals surface area contributed by atoms with Crippen LogP contribution in [-0.4, -0.2) is 41.1 Å². The highest BCUT2D eigenvalue weighted by atomic mass is 15.4. The van der Waals surface area contributed by atoms with E-state index in [4.69, 9.17) is 4.98 Å². The number of H-pyrrole nitrogens is 1. The van der Waals surface area contributed by atoms with Gasteiger partial charge >= 0.3 is 0 Å². The Labute approximate surface area is 192 Å². The summed E-state index contributed by atoms with van der Waals surface area (Å²) in [7, 11) is 0. The number of pyridine rings is 1. The molecular formula is C25H28N8. The van der Waals surface area contributed by atoms with E-state index in [1.165, 1.54) is 30.4 Å². The molecule has 6 rings (SSSR count). The second-order valence-corrected chi connectivity index (χ2v) is 9.05. The summed E-state index contributed by atoms with van der Waals surface area (Å²) in [6.07, 6.45) is 13.2. The van der Waals surface area contributed by atoms with Crippen molar-refractivity contribution in [3.8, 4) is 11.3 Å². The Morgan fingerprint density at radius 3 is 2.91 bits per heavy atom. The third-order valence-corrected chi connectivity index (χ3v) is 6.76. The van der Waals surface area contributed by atoms with Gasteiger partial charge in [-0.3, -0.25) is 5.10 Å². The van der Waals surface area contributed by atoms with Crippen LogP contribution in [0.3, 0.4) is 0 Å². The molecule has 4 aromatic heterocycles. The molecule has 8 nitrogen and oxygen atoms in total. The molecule has 1 aliphatic carbocycles. The summed E-state index contributed by atoms with van der Waals surface area (Å²) in [5.41, 5.74) is 7.39. The van der Waals surface area contributed by atoms with Crippen molar-refractivity contribution >= 4 is 16.6 Å². The van der Waals surface area contributed by atoms with E-state index in [0.29, 0.717) is 6.54 Å². The van der Waals surface area contributed by atoms with E-state index >= 15 is 0 Å². The molecule has 0 atom stereocenters. The number of aromatic nitrogens is 7. The summed E-state index contributed by atoms with van der Waals surface area (Å²) in [6.45, 7) is 4.75. The summed E-state index contributed by atoms with van der Waals surface area (Å²) in [6, 6.07) is 8.45. The quantitative estimate of drug-likeness (QED) is 0.381. The maximum absolute atomic E-state index is 4.78. The summed E-state index contributed by atoms with van der Waals surface area (Å²) < 4.78 is 3.96. The molecule has 0 aliphatic heterocycles. The number of imidazole rings is 1. The molecule has 0 bridgehead atoms. The maximum atomic E-state index is 4.78. The van der Waals surface area contributed by atoms with Crippen molar-refractivity contribution in [3.05, 3.63) is 65.9 Å². The number of fused-ring (bicyclic) bond motifs is 2. The number of nitrogens with one attached hydrogen (secondary N) is 2. The van der Waals surface area contributed by atoms with Gasteiger partial charge in [0.25, 0.3) is 0 Å². The fourth-order valence-corrected chi connectivity index (χ4v) is 4.70. The first-order chi connectivity index (χ1) is 16.3. The highest BCUT2D eigenvalue weighted by molar-refractivity contribution is 5.95. The van der Waals surface area contributed by atoms with E-state index in [0.717, 1.165) is 58.9 Å². The van der Waals surface area contributed by atoms with Crippen LogP contribution >= 0.6 is 0 Å². The number of aromatic amines is 1. The standard InChI is InChI=1S/C25H28N8/c1-2-19-7-8-22-21(12-27-29-22)25(19)23-16-33(31-30-23)15-20-14-32-13-18(6-9-24(32)28-20)11-26-10-17-4-3-5-17/h6-9,12-14,16-17,26H,2-5,10-11,15H2,1H3,(H,27,29). The number of aryl methyl sites for hydroxylation is 1. The third-order valence-electron chi connectivity index (χ3n) is 6.76. The molecule has 1 aromatic carbocycles. The van der Waals surface area contributed by atoms with Crippen molar-refractivity contribution in [3.63, 3.8) is 0 Å². The molecule has 33 heavy (non-hydrogen) atoms. The second-order valence-electron chi connectivity index (χ2n) is 9.05. The van der Waals surface area contributed by atoms with E-state index in [2.05, 4.69) is 73.8 Å². The zero-order valence-electron chi connectivity index (χ0n) is 18.8. The smallest absolute Gasteiger partial charge is 0.137 e. The molecule has 1 aliphatic rings. The van der Waals surface area contributed by atoms with Gasteiger partial charge in [-0.05, 0) is 55.0 Å². The Kier molecular flexibility index (Phi) is 5.14. The SMILES string of the molecule is CCc1ccc2[nH]ncc2c1-c1cn(Cc2cn3cc(CNCC4CCC4)ccc3n2)nn1. The third kappa shape index (κ3) is 3.91. The van der Waals surface area contributed by atoms with Crippen LogP contribution in [-0.2, 0) is 19.5 Å². The minimum absolute atomic E-state index is 0.576. The zero-order chi connectivity index (χ0) is 22.2. The number of hydrogen-bond acceptors (Lipinski definition) is 5. The van der Waals surface area contributed by atoms with E-state index in [1.54, 1.807) is 0 Å². The van der Waals surface area contributed by atoms with Gasteiger partial charge in [-0.15, -0.1) is 5.10 Å². The summed E-state index contributed by atoms with van der Waals surface area (Å²) in [5.74, 6) is 0.870. The Morgan fingerprint density at radius 2 is 2.06 bits per heavy atom. The molecule has 8 heteroatoms. The predicted molar refractivity (Wildman–Crippen MR) is 128 cm³/mol. The van der Waals surface area contributed by atoms with E-state index in [9.17, 15) is 0 Å². The summed E-state index contributed by atoms with van der Waals surface area (Å²) in [5, 5.41) is 20.8. The highest BCUT2D eigenvalue weighted by Gasteiger charge is 2.17. The van der Waals surface area contributed by atoms with Crippen LogP contribution in [0, 0.1) is 5.92 Å². The molecule has 168 valence electrons. The van der Waals surface area contributed by atoms with Crippen LogP contribution < -0.4 is 5.32 Å². The zero-order valence-corrected chi connectivity index (χ0v) is 18.8. The van der Waals surface area contributed by atoms with Crippen molar-refractivity contribution in [1.29, 1.82) is 0 Å². The van der Waals surface area contributed by atoms with E-state index in [-0.39, 0.29) is 0 Å². The van der Waals surface area contributed by atoms with Gasteiger partial charge in [0.1, 0.15) is 11.3 Å². The largest absolute Gasteiger partial charge is 0.312 e. The average Bonchev–Trinajstić information content (AvgIpc) is 3.53. The Hall–Kier alpha value is -3.52. The number of nitrogens with zero attached hydrogens (tertiary/aromatic N) is 6. The number of rotatable bonds is 8. The Morgan fingerprint density at radius 1 is 1.12 bits per heavy atom. The van der Waals surface area contributed by atoms with E-state index < -0.39 is 0 Å². The lowest BCUT2D eigenvalue weighted by atomic mass is 9.85. The monoisotopic (exact) mass is 440 g/mol. The minimum atomic E-state index is 0.576. The molecule has 4 heterocycles. The van der Waals surface area contributed by atoms with Crippen molar-refractivity contribution < 1.29 is 0 Å². The first-order valence-electron chi connectivity index (χ1n) is 11.8. The molecule has 0 radical (unpaired) electrons. The minimum Gasteiger partial charge on any atom is -0.312 e. The lowest BCUT2D eigenvalue weighted by molar-refractivity contribution is 0.301. The predicted octanol–water partition coefficient (Wildman–Crippen LogP) is 3.97. The maximum Gasteiger partial charge on any atom is 0.137 e. The fraction of sp³-hybridized carbons (Fsp3) is 0.360. The number of benzene rings is 1. The highest BCUT2D eigenvalue weighted by Crippen LogP contribution is 2.30. The molecular weight excluding hydrogens is 412 g/mol. The van der Waals surface area contributed by atoms with Crippen LogP contribution in [0.15, 0.2) is 49.1 Å². The van der Waals surface area contributed by atoms with Crippen molar-refractivity contribution in [2.75, 3.05) is 6.54 Å². The number of hydrogen-bond donors (Lipinski definition) is 2. The van der Waals surface area contributed by atoms with Gasteiger partial charge in [-0.2, -0.15) is 5.10 Å². The Bertz CT molecular complexity index is 1400. The molecule has 0 spiro atoms. The van der Waals surface area contributed by atoms with Gasteiger partial charge in [0.05, 0.1) is 30.1 Å². The summed E-state index contributed by atoms with van der Waals surface area (Å²) in [4.78, 5) is 4.78. The first-order valence-corrected chi connectivity index (χ1v) is 11.8. The molecule has 0 amide bonds. The first kappa shape index (κ1) is 20.1. The van der Waals surface area contributed by atoms with Crippen LogP contribution in [0.2, 0.25) is 0 Å². The van der Waals surface area contributed by atoms with Gasteiger partial charge in [0, 0.05) is 29.9 Å². The van der Waals surface area contributed by atoms with Gasteiger partial charge in [-0.1, -0.05) is 30.7 Å². The van der Waals surface area contributed by atoms with Crippen LogP contribution in [0.25, 0.3) is 27.8 Å². The van der Waals surface area contributed by atoms with Crippen LogP contribution in [0.4, 0.5) is 0 Å². The van der Waals surface area contributed by atoms with Gasteiger partial charge in [0.2, 0.25) is 0 Å². The molecule has 5 aromatic rings. The molecule has 0 unspecified atom stereocenters. The lowest BCUT2D eigenvalue weighted by Crippen LogP contribution is -2.26. The summed E-state index contributed by atoms with van der Waals surface area (Å²) >= 11 is 0.